The molecule has 128 valence electrons. The van der Waals surface area contributed by atoms with E-state index in [9.17, 15) is 27.0 Å². The summed E-state index contributed by atoms with van der Waals surface area (Å²) in [6, 6.07) is 5.55. The van der Waals surface area contributed by atoms with Crippen molar-refractivity contribution in [3.05, 3.63) is 35.9 Å². The molecule has 0 aliphatic heterocycles. The van der Waals surface area contributed by atoms with E-state index in [4.69, 9.17) is 5.73 Å². The van der Waals surface area contributed by atoms with Crippen LogP contribution in [0.2, 0.25) is 0 Å². The van der Waals surface area contributed by atoms with Gasteiger partial charge in [-0.15, -0.1) is 4.28 Å². The minimum atomic E-state index is -5.57. The number of benzene rings is 1. The first-order valence-corrected chi connectivity index (χ1v) is 8.03. The molecule has 0 bridgehead atoms. The van der Waals surface area contributed by atoms with Crippen molar-refractivity contribution < 1.29 is 31.3 Å². The van der Waals surface area contributed by atoms with E-state index in [2.05, 4.69) is 4.28 Å². The van der Waals surface area contributed by atoms with Gasteiger partial charge in [0.1, 0.15) is 0 Å². The Hall–Kier alpha value is -2.04. The van der Waals surface area contributed by atoms with Crippen molar-refractivity contribution in [2.24, 2.45) is 5.73 Å². The van der Waals surface area contributed by atoms with Crippen LogP contribution < -0.4 is 5.73 Å². The van der Waals surface area contributed by atoms with Gasteiger partial charge in [0, 0.05) is 5.56 Å². The summed E-state index contributed by atoms with van der Waals surface area (Å²) >= 11 is 0. The third-order valence-corrected chi connectivity index (χ3v) is 3.23. The molecule has 0 radical (unpaired) electrons. The Morgan fingerprint density at radius 2 is 1.87 bits per heavy atom. The number of nitrogens with zero attached hydrogens (tertiary/aromatic N) is 1. The largest absolute Gasteiger partial charge is 0.480 e. The molecule has 1 rings (SSSR count). The topological polar surface area (TPSA) is 127 Å². The first-order chi connectivity index (χ1) is 10.8. The van der Waals surface area contributed by atoms with Crippen LogP contribution in [0.25, 0.3) is 0 Å². The molecule has 0 aromatic heterocycles. The van der Waals surface area contributed by atoms with Crippen molar-refractivity contribution in [3.63, 3.8) is 0 Å². The van der Waals surface area contributed by atoms with Gasteiger partial charge in [-0.05, 0) is 37.9 Å². The number of carbonyl (C=O) groups is 2. The van der Waals surface area contributed by atoms with Crippen LogP contribution in [-0.4, -0.2) is 43.1 Å². The van der Waals surface area contributed by atoms with E-state index in [-0.39, 0.29) is 17.0 Å². The lowest BCUT2D eigenvalue weighted by Gasteiger charge is -2.25. The molecular formula is C13H17FN2O6S. The molecule has 1 aromatic rings. The Morgan fingerprint density at radius 1 is 1.26 bits per heavy atom. The van der Waals surface area contributed by atoms with Crippen molar-refractivity contribution in [2.75, 3.05) is 6.54 Å². The maximum absolute atomic E-state index is 12.9. The molecule has 0 saturated heterocycles. The Kier molecular flexibility index (Phi) is 7.07. The van der Waals surface area contributed by atoms with Crippen molar-refractivity contribution >= 4 is 22.4 Å². The highest BCUT2D eigenvalue weighted by atomic mass is 32.3. The van der Waals surface area contributed by atoms with Crippen LogP contribution in [0.1, 0.15) is 29.6 Å². The number of nitrogens with two attached hydrogens (primary N) is 1. The van der Waals surface area contributed by atoms with E-state index in [0.29, 0.717) is 19.4 Å². The molecule has 23 heavy (non-hydrogen) atoms. The summed E-state index contributed by atoms with van der Waals surface area (Å²) in [7, 11) is -5.57. The molecule has 0 spiro atoms. The van der Waals surface area contributed by atoms with E-state index >= 15 is 0 Å². The number of carbonyl (C=O) groups excluding carboxylic acids is 1. The molecule has 1 aromatic carbocycles. The first-order valence-electron chi connectivity index (χ1n) is 6.72. The predicted molar refractivity (Wildman–Crippen MR) is 78.1 cm³/mol. The van der Waals surface area contributed by atoms with Gasteiger partial charge in [0.15, 0.2) is 6.04 Å². The third-order valence-electron chi connectivity index (χ3n) is 2.89. The number of carboxylic acid groups (broad SMARTS) is 1. The molecule has 0 aliphatic carbocycles. The van der Waals surface area contributed by atoms with Crippen molar-refractivity contribution in [1.82, 2.24) is 5.06 Å². The number of aliphatic carboxylic acids is 1. The Bertz CT molecular complexity index is 637. The lowest BCUT2D eigenvalue weighted by Crippen LogP contribution is -2.45. The van der Waals surface area contributed by atoms with E-state index in [1.807, 2.05) is 0 Å². The first kappa shape index (κ1) is 19.0. The predicted octanol–water partition coefficient (Wildman–Crippen LogP) is 0.857. The van der Waals surface area contributed by atoms with Crippen LogP contribution >= 0.6 is 0 Å². The van der Waals surface area contributed by atoms with Crippen LogP contribution in [-0.2, 0) is 19.6 Å². The third kappa shape index (κ3) is 6.30. The standard InChI is InChI=1S/C13H17FN2O6S/c14-23(20,21)22-16(11(13(18)19)8-4-5-9-15)12(17)10-6-2-1-3-7-10/h1-3,6-7,11H,4-5,8-9,15H2,(H,18,19). The number of halogens is 1. The van der Waals surface area contributed by atoms with Gasteiger partial charge in [-0.1, -0.05) is 22.1 Å². The summed E-state index contributed by atoms with van der Waals surface area (Å²) in [6.45, 7) is 0.293. The number of rotatable bonds is 9. The zero-order valence-corrected chi connectivity index (χ0v) is 12.9. The highest BCUT2D eigenvalue weighted by Gasteiger charge is 2.35. The minimum absolute atomic E-state index is 0.0313. The van der Waals surface area contributed by atoms with Crippen LogP contribution in [0.5, 0.6) is 0 Å². The second-order valence-electron chi connectivity index (χ2n) is 4.60. The molecular weight excluding hydrogens is 331 g/mol. The number of hydroxylamine groups is 2. The lowest BCUT2D eigenvalue weighted by molar-refractivity contribution is -0.153. The molecule has 3 N–H and O–H groups in total. The van der Waals surface area contributed by atoms with Crippen LogP contribution in [0.15, 0.2) is 30.3 Å². The van der Waals surface area contributed by atoms with Gasteiger partial charge in [0.2, 0.25) is 0 Å². The summed E-state index contributed by atoms with van der Waals surface area (Å²) in [6.07, 6.45) is 0.613. The number of carboxylic acids is 1. The fraction of sp³-hybridized carbons (Fsp3) is 0.385. The van der Waals surface area contributed by atoms with Crippen LogP contribution in [0.3, 0.4) is 0 Å². The van der Waals surface area contributed by atoms with E-state index in [1.165, 1.54) is 24.3 Å². The van der Waals surface area contributed by atoms with Gasteiger partial charge in [-0.25, -0.2) is 4.79 Å². The summed E-state index contributed by atoms with van der Waals surface area (Å²) < 4.78 is 38.3. The van der Waals surface area contributed by atoms with Gasteiger partial charge in [0.25, 0.3) is 5.91 Å². The lowest BCUT2D eigenvalue weighted by atomic mass is 10.1. The maximum atomic E-state index is 12.9. The molecule has 1 amide bonds. The van der Waals surface area contributed by atoms with E-state index in [1.54, 1.807) is 6.07 Å². The highest BCUT2D eigenvalue weighted by Crippen LogP contribution is 2.17. The normalized spacial score (nSPS) is 12.6. The molecule has 0 saturated carbocycles. The molecule has 1 unspecified atom stereocenters. The maximum Gasteiger partial charge on any atom is 0.459 e. The summed E-state index contributed by atoms with van der Waals surface area (Å²) in [5.74, 6) is -2.60. The average molecular weight is 348 g/mol. The van der Waals surface area contributed by atoms with Crippen molar-refractivity contribution in [2.45, 2.75) is 25.3 Å². The number of amides is 1. The minimum Gasteiger partial charge on any atom is -0.480 e. The summed E-state index contributed by atoms with van der Waals surface area (Å²) in [5.41, 5.74) is 5.26. The molecule has 0 heterocycles. The molecule has 8 nitrogen and oxygen atoms in total. The van der Waals surface area contributed by atoms with E-state index in [0.717, 1.165) is 0 Å². The van der Waals surface area contributed by atoms with E-state index < -0.39 is 28.4 Å². The Labute approximate surface area is 133 Å². The SMILES string of the molecule is NCCCCC(C(=O)O)N(OS(=O)(=O)F)C(=O)c1ccccc1. The molecule has 1 atom stereocenters. The Morgan fingerprint density at radius 3 is 2.35 bits per heavy atom. The van der Waals surface area contributed by atoms with Crippen LogP contribution in [0, 0.1) is 0 Å². The zero-order valence-electron chi connectivity index (χ0n) is 12.1. The number of hydrogen-bond donors (Lipinski definition) is 2. The average Bonchev–Trinajstić information content (AvgIpc) is 2.48. The van der Waals surface area contributed by atoms with Crippen molar-refractivity contribution in [3.8, 4) is 0 Å². The molecule has 0 aliphatic rings. The zero-order chi connectivity index (χ0) is 17.5. The highest BCUT2D eigenvalue weighted by molar-refractivity contribution is 7.81. The summed E-state index contributed by atoms with van der Waals surface area (Å²) in [5, 5.41) is 9.24. The van der Waals surface area contributed by atoms with Gasteiger partial charge in [-0.3, -0.25) is 4.79 Å². The molecule has 0 fully saturated rings. The van der Waals surface area contributed by atoms with Crippen LogP contribution in [0.4, 0.5) is 3.89 Å². The fourth-order valence-electron chi connectivity index (χ4n) is 1.85. The second-order valence-corrected chi connectivity index (χ2v) is 5.54. The second kappa shape index (κ2) is 8.56. The van der Waals surface area contributed by atoms with Crippen molar-refractivity contribution in [1.29, 1.82) is 0 Å². The Balaban J connectivity index is 3.10. The smallest absolute Gasteiger partial charge is 0.459 e. The quantitative estimate of drug-likeness (QED) is 0.385. The van der Waals surface area contributed by atoms with Gasteiger partial charge in [-0.2, -0.15) is 13.5 Å². The fourth-order valence-corrected chi connectivity index (χ4v) is 2.22. The van der Waals surface area contributed by atoms with Gasteiger partial charge < -0.3 is 10.8 Å². The number of unbranched alkanes of at least 4 members (excludes halogenated alkanes) is 1. The van der Waals surface area contributed by atoms with Gasteiger partial charge in [0.05, 0.1) is 0 Å². The monoisotopic (exact) mass is 348 g/mol. The number of hydrogen-bond acceptors (Lipinski definition) is 6. The van der Waals surface area contributed by atoms with Gasteiger partial charge >= 0.3 is 16.5 Å². The summed E-state index contributed by atoms with van der Waals surface area (Å²) in [4.78, 5) is 23.6. The molecule has 10 heteroatoms.